The molecule has 0 aliphatic carbocycles. The van der Waals surface area contributed by atoms with Gasteiger partial charge in [0, 0.05) is 11.3 Å². The second kappa shape index (κ2) is 3.30. The van der Waals surface area contributed by atoms with E-state index in [0.29, 0.717) is 0 Å². The van der Waals surface area contributed by atoms with Crippen molar-refractivity contribution in [3.8, 4) is 0 Å². The van der Waals surface area contributed by atoms with Gasteiger partial charge in [-0.3, -0.25) is 9.89 Å². The minimum Gasteiger partial charge on any atom is -0.299 e. The minimum absolute atomic E-state index is 0.116. The molecule has 0 aliphatic rings. The van der Waals surface area contributed by atoms with E-state index >= 15 is 0 Å². The molecular formula is C11H20N2O. The van der Waals surface area contributed by atoms with Crippen LogP contribution in [0, 0.1) is 6.92 Å². The number of H-pyrrole nitrogens is 1. The van der Waals surface area contributed by atoms with E-state index in [4.69, 9.17) is 0 Å². The van der Waals surface area contributed by atoms with Gasteiger partial charge in [-0.05, 0) is 33.6 Å². The molecule has 80 valence electrons. The molecule has 1 rings (SSSR count). The van der Waals surface area contributed by atoms with Crippen LogP contribution in [-0.2, 0) is 5.54 Å². The summed E-state index contributed by atoms with van der Waals surface area (Å²) in [4.78, 5) is 12.0. The van der Waals surface area contributed by atoms with Crippen molar-refractivity contribution in [2.75, 3.05) is 0 Å². The predicted molar refractivity (Wildman–Crippen MR) is 58.9 cm³/mol. The monoisotopic (exact) mass is 196 g/mol. The summed E-state index contributed by atoms with van der Waals surface area (Å²) in [6.45, 7) is 12.1. The van der Waals surface area contributed by atoms with Crippen molar-refractivity contribution >= 4 is 0 Å². The van der Waals surface area contributed by atoms with Crippen LogP contribution >= 0.6 is 0 Å². The maximum atomic E-state index is 12.0. The highest BCUT2D eigenvalue weighted by molar-refractivity contribution is 5.20. The van der Waals surface area contributed by atoms with Crippen molar-refractivity contribution in [2.45, 2.75) is 53.0 Å². The number of aryl methyl sites for hydroxylation is 1. The van der Waals surface area contributed by atoms with Crippen molar-refractivity contribution in [1.29, 1.82) is 0 Å². The maximum Gasteiger partial charge on any atom is 0.270 e. The summed E-state index contributed by atoms with van der Waals surface area (Å²) in [7, 11) is 0. The molecule has 0 bridgehead atoms. The Morgan fingerprint density at radius 2 is 1.79 bits per heavy atom. The third-order valence-corrected chi connectivity index (χ3v) is 2.37. The molecule has 3 heteroatoms. The van der Waals surface area contributed by atoms with E-state index < -0.39 is 0 Å². The molecule has 1 aromatic rings. The van der Waals surface area contributed by atoms with Crippen LogP contribution < -0.4 is 5.56 Å². The number of hydrogen-bond acceptors (Lipinski definition) is 1. The fourth-order valence-corrected chi connectivity index (χ4v) is 1.71. The van der Waals surface area contributed by atoms with Gasteiger partial charge in [-0.15, -0.1) is 0 Å². The van der Waals surface area contributed by atoms with Crippen molar-refractivity contribution in [3.05, 3.63) is 21.6 Å². The molecule has 0 aliphatic heterocycles. The Morgan fingerprint density at radius 3 is 2.00 bits per heavy atom. The van der Waals surface area contributed by atoms with Crippen LogP contribution in [0.25, 0.3) is 0 Å². The van der Waals surface area contributed by atoms with Crippen LogP contribution in [0.5, 0.6) is 0 Å². The Bertz CT molecular complexity index is 377. The van der Waals surface area contributed by atoms with Crippen LogP contribution in [0.15, 0.2) is 4.79 Å². The van der Waals surface area contributed by atoms with Crippen molar-refractivity contribution in [1.82, 2.24) is 9.78 Å². The molecular weight excluding hydrogens is 176 g/mol. The number of aromatic nitrogens is 2. The van der Waals surface area contributed by atoms with E-state index in [-0.39, 0.29) is 17.0 Å². The minimum atomic E-state index is -0.172. The van der Waals surface area contributed by atoms with E-state index in [0.717, 1.165) is 11.3 Å². The van der Waals surface area contributed by atoms with Gasteiger partial charge in [-0.25, -0.2) is 4.68 Å². The lowest BCUT2D eigenvalue weighted by Crippen LogP contribution is -2.33. The summed E-state index contributed by atoms with van der Waals surface area (Å²) < 4.78 is 1.71. The molecule has 0 atom stereocenters. The Kier molecular flexibility index (Phi) is 2.61. The second-order valence-corrected chi connectivity index (χ2v) is 5.12. The first kappa shape index (κ1) is 11.1. The average molecular weight is 196 g/mol. The summed E-state index contributed by atoms with van der Waals surface area (Å²) in [6, 6.07) is 0. The third-order valence-electron chi connectivity index (χ3n) is 2.37. The normalized spacial score (nSPS) is 12.5. The van der Waals surface area contributed by atoms with Crippen LogP contribution in [-0.4, -0.2) is 9.78 Å². The Hall–Kier alpha value is -0.990. The standard InChI is InChI=1S/C11H20N2O/c1-7(2)9-8(3)12-13(10(9)14)11(4,5)6/h7,12H,1-6H3. The fourth-order valence-electron chi connectivity index (χ4n) is 1.71. The van der Waals surface area contributed by atoms with Crippen LogP contribution in [0.1, 0.15) is 51.8 Å². The average Bonchev–Trinajstić information content (AvgIpc) is 2.24. The molecule has 0 radical (unpaired) electrons. The summed E-state index contributed by atoms with van der Waals surface area (Å²) in [6.07, 6.45) is 0. The zero-order valence-corrected chi connectivity index (χ0v) is 9.93. The molecule has 0 fully saturated rings. The fraction of sp³-hybridized carbons (Fsp3) is 0.727. The second-order valence-electron chi connectivity index (χ2n) is 5.12. The number of rotatable bonds is 1. The molecule has 1 heterocycles. The summed E-state index contributed by atoms with van der Waals surface area (Å²) in [5.41, 5.74) is 1.83. The molecule has 0 unspecified atom stereocenters. The van der Waals surface area contributed by atoms with Crippen molar-refractivity contribution in [2.24, 2.45) is 0 Å². The third kappa shape index (κ3) is 1.76. The van der Waals surface area contributed by atoms with E-state index in [1.807, 2.05) is 41.5 Å². The number of nitrogens with zero attached hydrogens (tertiary/aromatic N) is 1. The van der Waals surface area contributed by atoms with Crippen LogP contribution in [0.3, 0.4) is 0 Å². The van der Waals surface area contributed by atoms with Gasteiger partial charge in [0.1, 0.15) is 0 Å². The van der Waals surface area contributed by atoms with Gasteiger partial charge in [0.05, 0.1) is 5.54 Å². The van der Waals surface area contributed by atoms with Gasteiger partial charge < -0.3 is 0 Å². The molecule has 1 N–H and O–H groups in total. The van der Waals surface area contributed by atoms with Crippen LogP contribution in [0.4, 0.5) is 0 Å². The molecule has 0 aromatic carbocycles. The molecule has 3 nitrogen and oxygen atoms in total. The van der Waals surface area contributed by atoms with E-state index in [2.05, 4.69) is 5.10 Å². The van der Waals surface area contributed by atoms with Gasteiger partial charge in [0.2, 0.25) is 0 Å². The van der Waals surface area contributed by atoms with E-state index in [1.54, 1.807) is 4.68 Å². The van der Waals surface area contributed by atoms with Gasteiger partial charge in [-0.2, -0.15) is 0 Å². The van der Waals surface area contributed by atoms with Gasteiger partial charge in [0.25, 0.3) is 5.56 Å². The summed E-state index contributed by atoms with van der Waals surface area (Å²) >= 11 is 0. The number of nitrogens with one attached hydrogen (secondary N) is 1. The Balaban J connectivity index is 3.40. The van der Waals surface area contributed by atoms with E-state index in [1.165, 1.54) is 0 Å². The van der Waals surface area contributed by atoms with E-state index in [9.17, 15) is 4.79 Å². The zero-order valence-electron chi connectivity index (χ0n) is 9.93. The first-order chi connectivity index (χ1) is 6.25. The van der Waals surface area contributed by atoms with Gasteiger partial charge in [0.15, 0.2) is 0 Å². The SMILES string of the molecule is Cc1[nH]n(C(C)(C)C)c(=O)c1C(C)C. The summed E-state index contributed by atoms with van der Waals surface area (Å²) in [5.74, 6) is 0.280. The number of aromatic amines is 1. The number of hydrogen-bond donors (Lipinski definition) is 1. The summed E-state index contributed by atoms with van der Waals surface area (Å²) in [5, 5.41) is 3.14. The zero-order chi connectivity index (χ0) is 11.1. The predicted octanol–water partition coefficient (Wildman–Crippen LogP) is 2.36. The largest absolute Gasteiger partial charge is 0.299 e. The first-order valence-corrected chi connectivity index (χ1v) is 5.07. The topological polar surface area (TPSA) is 37.8 Å². The molecule has 0 saturated carbocycles. The Morgan fingerprint density at radius 1 is 1.29 bits per heavy atom. The Labute approximate surface area is 85.1 Å². The van der Waals surface area contributed by atoms with Crippen molar-refractivity contribution in [3.63, 3.8) is 0 Å². The van der Waals surface area contributed by atoms with Crippen LogP contribution in [0.2, 0.25) is 0 Å². The molecule has 0 amide bonds. The maximum absolute atomic E-state index is 12.0. The molecule has 0 saturated heterocycles. The molecule has 0 spiro atoms. The lowest BCUT2D eigenvalue weighted by atomic mass is 10.0. The van der Waals surface area contributed by atoms with Gasteiger partial charge >= 0.3 is 0 Å². The molecule has 14 heavy (non-hydrogen) atoms. The van der Waals surface area contributed by atoms with Crippen molar-refractivity contribution < 1.29 is 0 Å². The smallest absolute Gasteiger partial charge is 0.270 e. The quantitative estimate of drug-likeness (QED) is 0.735. The van der Waals surface area contributed by atoms with Gasteiger partial charge in [-0.1, -0.05) is 13.8 Å². The lowest BCUT2D eigenvalue weighted by Gasteiger charge is -2.19. The first-order valence-electron chi connectivity index (χ1n) is 5.07. The highest BCUT2D eigenvalue weighted by Gasteiger charge is 2.21. The molecule has 1 aromatic heterocycles. The highest BCUT2D eigenvalue weighted by Crippen LogP contribution is 2.17. The lowest BCUT2D eigenvalue weighted by molar-refractivity contribution is 0.343. The highest BCUT2D eigenvalue weighted by atomic mass is 16.1.